The molecule has 3 aromatic rings. The summed E-state index contributed by atoms with van der Waals surface area (Å²) in [5, 5.41) is 22.3. The molecule has 0 unspecified atom stereocenters. The second-order valence-corrected chi connectivity index (χ2v) is 8.26. The van der Waals surface area contributed by atoms with Gasteiger partial charge in [-0.25, -0.2) is 0 Å². The number of aromatic hydroxyl groups is 2. The van der Waals surface area contributed by atoms with Gasteiger partial charge in [0.25, 0.3) is 0 Å². The fourth-order valence-corrected chi connectivity index (χ4v) is 3.81. The third-order valence-corrected chi connectivity index (χ3v) is 5.64. The number of hydrogen-bond acceptors (Lipinski definition) is 5. The van der Waals surface area contributed by atoms with E-state index in [2.05, 4.69) is 13.8 Å². The molecule has 1 heterocycles. The fourth-order valence-electron chi connectivity index (χ4n) is 3.81. The van der Waals surface area contributed by atoms with Crippen LogP contribution in [0.25, 0.3) is 21.9 Å². The van der Waals surface area contributed by atoms with E-state index < -0.39 is 0 Å². The Morgan fingerprint density at radius 3 is 1.45 bits per heavy atom. The molecular weight excluding hydrogens is 392 g/mol. The smallest absolute Gasteiger partial charge is 0.161 e. The molecule has 5 heteroatoms. The third kappa shape index (κ3) is 6.22. The number of benzene rings is 2. The standard InChI is InChI=1S/C26H36O5/c1-3-5-7-9-11-13-29-25-15-19-20-16-26(30-14-12-10-8-6-4-2)22(28)18-24(20)31-23(19)17-21(25)27/h15-18,27-28H,3-14H2,1-2H3. The van der Waals surface area contributed by atoms with E-state index in [9.17, 15) is 10.2 Å². The predicted molar refractivity (Wildman–Crippen MR) is 126 cm³/mol. The van der Waals surface area contributed by atoms with Gasteiger partial charge in [-0.15, -0.1) is 0 Å². The van der Waals surface area contributed by atoms with E-state index in [-0.39, 0.29) is 11.5 Å². The number of furan rings is 1. The van der Waals surface area contributed by atoms with Gasteiger partial charge in [0.2, 0.25) is 0 Å². The van der Waals surface area contributed by atoms with Gasteiger partial charge in [-0.3, -0.25) is 0 Å². The van der Waals surface area contributed by atoms with Gasteiger partial charge in [-0.05, 0) is 25.0 Å². The van der Waals surface area contributed by atoms with E-state index in [1.54, 1.807) is 12.1 Å². The lowest BCUT2D eigenvalue weighted by molar-refractivity contribution is 0.289. The number of unbranched alkanes of at least 4 members (excludes halogenated alkanes) is 8. The number of ether oxygens (including phenoxy) is 2. The van der Waals surface area contributed by atoms with Gasteiger partial charge in [-0.2, -0.15) is 0 Å². The summed E-state index contributed by atoms with van der Waals surface area (Å²) in [6, 6.07) is 6.78. The molecule has 2 aromatic carbocycles. The Balaban J connectivity index is 1.71. The highest BCUT2D eigenvalue weighted by Gasteiger charge is 2.15. The number of hydrogen-bond donors (Lipinski definition) is 2. The van der Waals surface area contributed by atoms with Gasteiger partial charge in [0, 0.05) is 22.9 Å². The highest BCUT2D eigenvalue weighted by molar-refractivity contribution is 6.07. The van der Waals surface area contributed by atoms with Crippen LogP contribution in [-0.2, 0) is 0 Å². The summed E-state index contributed by atoms with van der Waals surface area (Å²) in [4.78, 5) is 0. The van der Waals surface area contributed by atoms with Crippen LogP contribution in [-0.4, -0.2) is 23.4 Å². The van der Waals surface area contributed by atoms with Crippen molar-refractivity contribution in [3.05, 3.63) is 24.3 Å². The largest absolute Gasteiger partial charge is 0.504 e. The SMILES string of the molecule is CCCCCCCOc1cc2c(cc1O)oc1cc(O)c(OCCCCCCC)cc12. The molecular formula is C26H36O5. The predicted octanol–water partition coefficient (Wildman–Crippen LogP) is 7.70. The second kappa shape index (κ2) is 11.7. The molecule has 31 heavy (non-hydrogen) atoms. The minimum Gasteiger partial charge on any atom is -0.504 e. The molecule has 0 saturated heterocycles. The van der Waals surface area contributed by atoms with Crippen LogP contribution in [0.2, 0.25) is 0 Å². The summed E-state index contributed by atoms with van der Waals surface area (Å²) in [6.07, 6.45) is 11.5. The molecule has 0 saturated carbocycles. The van der Waals surface area contributed by atoms with Gasteiger partial charge in [0.1, 0.15) is 11.2 Å². The average molecular weight is 429 g/mol. The van der Waals surface area contributed by atoms with Crippen molar-refractivity contribution in [1.82, 2.24) is 0 Å². The molecule has 0 aliphatic rings. The summed E-state index contributed by atoms with van der Waals surface area (Å²) in [6.45, 7) is 5.54. The van der Waals surface area contributed by atoms with Crippen molar-refractivity contribution in [2.45, 2.75) is 78.1 Å². The molecule has 0 fully saturated rings. The molecule has 3 rings (SSSR count). The molecule has 0 atom stereocenters. The topological polar surface area (TPSA) is 72.1 Å². The molecule has 0 spiro atoms. The Labute approximate surface area is 185 Å². The van der Waals surface area contributed by atoms with E-state index in [0.29, 0.717) is 35.9 Å². The Morgan fingerprint density at radius 1 is 0.613 bits per heavy atom. The zero-order valence-electron chi connectivity index (χ0n) is 18.9. The van der Waals surface area contributed by atoms with Crippen molar-refractivity contribution in [3.63, 3.8) is 0 Å². The molecule has 5 nitrogen and oxygen atoms in total. The summed E-state index contributed by atoms with van der Waals surface area (Å²) in [5.41, 5.74) is 1.11. The third-order valence-electron chi connectivity index (χ3n) is 5.64. The molecule has 0 aliphatic carbocycles. The van der Waals surface area contributed by atoms with Crippen molar-refractivity contribution in [3.8, 4) is 23.0 Å². The first-order chi connectivity index (χ1) is 15.1. The maximum absolute atomic E-state index is 10.3. The molecule has 1 aromatic heterocycles. The Kier molecular flexibility index (Phi) is 8.74. The first-order valence-electron chi connectivity index (χ1n) is 11.8. The second-order valence-electron chi connectivity index (χ2n) is 8.26. The maximum Gasteiger partial charge on any atom is 0.161 e. The van der Waals surface area contributed by atoms with Crippen LogP contribution in [0.1, 0.15) is 78.1 Å². The zero-order chi connectivity index (χ0) is 22.1. The zero-order valence-corrected chi connectivity index (χ0v) is 18.9. The van der Waals surface area contributed by atoms with Crippen molar-refractivity contribution >= 4 is 21.9 Å². The van der Waals surface area contributed by atoms with Crippen molar-refractivity contribution in [1.29, 1.82) is 0 Å². The Bertz CT molecular complexity index is 883. The van der Waals surface area contributed by atoms with Gasteiger partial charge < -0.3 is 24.1 Å². The first-order valence-corrected chi connectivity index (χ1v) is 11.8. The lowest BCUT2D eigenvalue weighted by Crippen LogP contribution is -1.98. The molecule has 0 bridgehead atoms. The van der Waals surface area contributed by atoms with E-state index in [4.69, 9.17) is 13.9 Å². The lowest BCUT2D eigenvalue weighted by Gasteiger charge is -2.09. The summed E-state index contributed by atoms with van der Waals surface area (Å²) < 4.78 is 17.5. The van der Waals surface area contributed by atoms with Crippen molar-refractivity contribution in [2.24, 2.45) is 0 Å². The van der Waals surface area contributed by atoms with E-state index in [1.165, 1.54) is 38.5 Å². The van der Waals surface area contributed by atoms with Gasteiger partial charge in [-0.1, -0.05) is 65.2 Å². The van der Waals surface area contributed by atoms with Crippen LogP contribution in [0.15, 0.2) is 28.7 Å². The van der Waals surface area contributed by atoms with Gasteiger partial charge >= 0.3 is 0 Å². The highest BCUT2D eigenvalue weighted by Crippen LogP contribution is 2.41. The number of phenols is 2. The Hall–Kier alpha value is -2.56. The normalized spacial score (nSPS) is 11.4. The highest BCUT2D eigenvalue weighted by atomic mass is 16.5. The minimum absolute atomic E-state index is 0.0629. The summed E-state index contributed by atoms with van der Waals surface area (Å²) in [5.74, 6) is 1.04. The lowest BCUT2D eigenvalue weighted by atomic mass is 10.1. The van der Waals surface area contributed by atoms with Crippen LogP contribution in [0.3, 0.4) is 0 Å². The van der Waals surface area contributed by atoms with Crippen LogP contribution >= 0.6 is 0 Å². The number of phenolic OH excluding ortho intramolecular Hbond substituents is 2. The fraction of sp³-hybridized carbons (Fsp3) is 0.538. The van der Waals surface area contributed by atoms with Crippen LogP contribution in [0.5, 0.6) is 23.0 Å². The molecule has 0 aliphatic heterocycles. The van der Waals surface area contributed by atoms with Crippen LogP contribution < -0.4 is 9.47 Å². The maximum atomic E-state index is 10.3. The van der Waals surface area contributed by atoms with Crippen LogP contribution in [0.4, 0.5) is 0 Å². The van der Waals surface area contributed by atoms with Gasteiger partial charge in [0.05, 0.1) is 13.2 Å². The molecule has 0 radical (unpaired) electrons. The molecule has 0 amide bonds. The van der Waals surface area contributed by atoms with Crippen LogP contribution in [0, 0.1) is 0 Å². The first kappa shape index (κ1) is 23.1. The van der Waals surface area contributed by atoms with Gasteiger partial charge in [0.15, 0.2) is 23.0 Å². The van der Waals surface area contributed by atoms with E-state index >= 15 is 0 Å². The summed E-state index contributed by atoms with van der Waals surface area (Å²) in [7, 11) is 0. The van der Waals surface area contributed by atoms with Crippen molar-refractivity contribution < 1.29 is 24.1 Å². The monoisotopic (exact) mass is 428 g/mol. The summed E-state index contributed by atoms with van der Waals surface area (Å²) >= 11 is 0. The minimum atomic E-state index is 0.0629. The van der Waals surface area contributed by atoms with Crippen molar-refractivity contribution in [2.75, 3.05) is 13.2 Å². The number of rotatable bonds is 14. The van der Waals surface area contributed by atoms with E-state index in [0.717, 1.165) is 36.5 Å². The number of fused-ring (bicyclic) bond motifs is 3. The average Bonchev–Trinajstić information content (AvgIpc) is 3.08. The molecule has 2 N–H and O–H groups in total. The molecule has 170 valence electrons. The van der Waals surface area contributed by atoms with E-state index in [1.807, 2.05) is 12.1 Å². The quantitative estimate of drug-likeness (QED) is 0.257. The Morgan fingerprint density at radius 2 is 1.03 bits per heavy atom.